The Labute approximate surface area is 96.0 Å². The van der Waals surface area contributed by atoms with Crippen LogP contribution in [0.25, 0.3) is 0 Å². The van der Waals surface area contributed by atoms with Crippen LogP contribution < -0.4 is 0 Å². The molecule has 1 rings (SSSR count). The van der Waals surface area contributed by atoms with Crippen LogP contribution in [-0.2, 0) is 19.2 Å². The van der Waals surface area contributed by atoms with Crippen LogP contribution in [0.5, 0.6) is 0 Å². The zero-order chi connectivity index (χ0) is 13.3. The molecule has 94 valence electrons. The summed E-state index contributed by atoms with van der Waals surface area (Å²) in [5, 5.41) is 26.7. The van der Waals surface area contributed by atoms with Crippen molar-refractivity contribution in [3.63, 3.8) is 0 Å². The highest BCUT2D eigenvalue weighted by Gasteiger charge is 2.55. The molecule has 7 heteroatoms. The summed E-state index contributed by atoms with van der Waals surface area (Å²) in [6.45, 7) is 1.14. The highest BCUT2D eigenvalue weighted by Crippen LogP contribution is 2.42. The second-order valence-corrected chi connectivity index (χ2v) is 4.13. The molecule has 0 saturated heterocycles. The first kappa shape index (κ1) is 13.1. The Morgan fingerprint density at radius 3 is 1.53 bits per heavy atom. The van der Waals surface area contributed by atoms with Gasteiger partial charge >= 0.3 is 17.9 Å². The van der Waals surface area contributed by atoms with Crippen molar-refractivity contribution < 1.29 is 34.5 Å². The predicted molar refractivity (Wildman–Crippen MR) is 52.2 cm³/mol. The predicted octanol–water partition coefficient (Wildman–Crippen LogP) is -0.302. The molecule has 1 aliphatic carbocycles. The number of aliphatic carboxylic acids is 3. The van der Waals surface area contributed by atoms with Crippen molar-refractivity contribution in [2.45, 2.75) is 13.3 Å². The number of hydrogen-bond acceptors (Lipinski definition) is 4. The Morgan fingerprint density at radius 2 is 1.24 bits per heavy atom. The van der Waals surface area contributed by atoms with E-state index in [9.17, 15) is 19.2 Å². The molecule has 0 amide bonds. The summed E-state index contributed by atoms with van der Waals surface area (Å²) in [6.07, 6.45) is -0.237. The summed E-state index contributed by atoms with van der Waals surface area (Å²) >= 11 is 0. The molecule has 1 saturated carbocycles. The van der Waals surface area contributed by atoms with Gasteiger partial charge in [-0.2, -0.15) is 0 Å². The summed E-state index contributed by atoms with van der Waals surface area (Å²) in [6, 6.07) is 0. The van der Waals surface area contributed by atoms with Crippen molar-refractivity contribution >= 4 is 23.7 Å². The minimum absolute atomic E-state index is 0.237. The normalized spacial score (nSPS) is 32.1. The molecule has 1 aliphatic rings. The summed E-state index contributed by atoms with van der Waals surface area (Å²) in [4.78, 5) is 44.1. The first-order valence-electron chi connectivity index (χ1n) is 4.96. The molecule has 7 nitrogen and oxygen atoms in total. The van der Waals surface area contributed by atoms with E-state index in [1.165, 1.54) is 0 Å². The maximum atomic E-state index is 11.2. The Balaban J connectivity index is 3.17. The molecule has 4 unspecified atom stereocenters. The molecule has 0 aromatic rings. The third kappa shape index (κ3) is 2.27. The van der Waals surface area contributed by atoms with E-state index in [0.29, 0.717) is 0 Å². The Bertz CT molecular complexity index is 350. The minimum Gasteiger partial charge on any atom is -0.481 e. The lowest BCUT2D eigenvalue weighted by Gasteiger charge is -2.16. The van der Waals surface area contributed by atoms with Gasteiger partial charge < -0.3 is 15.3 Å². The molecule has 0 radical (unpaired) electrons. The van der Waals surface area contributed by atoms with E-state index in [1.807, 2.05) is 0 Å². The van der Waals surface area contributed by atoms with E-state index in [1.54, 1.807) is 0 Å². The maximum absolute atomic E-state index is 11.2. The minimum atomic E-state index is -1.56. The summed E-state index contributed by atoms with van der Waals surface area (Å²) < 4.78 is 0. The zero-order valence-corrected chi connectivity index (χ0v) is 8.99. The van der Waals surface area contributed by atoms with Crippen LogP contribution in [0.4, 0.5) is 0 Å². The topological polar surface area (TPSA) is 129 Å². The number of rotatable bonds is 4. The van der Waals surface area contributed by atoms with E-state index in [0.717, 1.165) is 6.92 Å². The molecule has 0 spiro atoms. The second-order valence-electron chi connectivity index (χ2n) is 4.13. The molecule has 4 atom stereocenters. The summed E-state index contributed by atoms with van der Waals surface area (Å²) in [7, 11) is 0. The molecule has 0 aliphatic heterocycles. The molecule has 0 bridgehead atoms. The van der Waals surface area contributed by atoms with Crippen molar-refractivity contribution in [2.75, 3.05) is 0 Å². The van der Waals surface area contributed by atoms with Crippen LogP contribution in [0.1, 0.15) is 13.3 Å². The van der Waals surface area contributed by atoms with Crippen LogP contribution in [0.3, 0.4) is 0 Å². The van der Waals surface area contributed by atoms with Crippen LogP contribution >= 0.6 is 0 Å². The van der Waals surface area contributed by atoms with E-state index in [4.69, 9.17) is 15.3 Å². The van der Waals surface area contributed by atoms with Gasteiger partial charge in [-0.15, -0.1) is 0 Å². The van der Waals surface area contributed by atoms with Crippen molar-refractivity contribution in [1.29, 1.82) is 0 Å². The number of ketones is 1. The molecular weight excluding hydrogens is 232 g/mol. The highest BCUT2D eigenvalue weighted by molar-refractivity contribution is 5.92. The number of hydrogen-bond donors (Lipinski definition) is 3. The number of carboxylic acids is 3. The van der Waals surface area contributed by atoms with Gasteiger partial charge in [-0.05, 0) is 13.3 Å². The van der Waals surface area contributed by atoms with Gasteiger partial charge in [0.15, 0.2) is 0 Å². The summed E-state index contributed by atoms with van der Waals surface area (Å²) in [5.74, 6) is -10.2. The average Bonchev–Trinajstić information content (AvgIpc) is 2.56. The monoisotopic (exact) mass is 244 g/mol. The van der Waals surface area contributed by atoms with Crippen LogP contribution in [0.15, 0.2) is 0 Å². The van der Waals surface area contributed by atoms with Gasteiger partial charge in [-0.1, -0.05) is 0 Å². The smallest absolute Gasteiger partial charge is 0.308 e. The first-order chi connectivity index (χ1) is 7.77. The van der Waals surface area contributed by atoms with Crippen LogP contribution in [-0.4, -0.2) is 39.0 Å². The lowest BCUT2D eigenvalue weighted by Crippen LogP contribution is -2.35. The van der Waals surface area contributed by atoms with Crippen molar-refractivity contribution in [1.82, 2.24) is 0 Å². The standard InChI is InChI=1S/C10H12O7/c1-3(11)4-2-5(8(12)13)7(10(16)17)6(4)9(14)15/h4-7H,2H2,1H3,(H,12,13)(H,14,15)(H,16,17). The van der Waals surface area contributed by atoms with Gasteiger partial charge in [-0.3, -0.25) is 19.2 Å². The van der Waals surface area contributed by atoms with Gasteiger partial charge in [0, 0.05) is 5.92 Å². The Hall–Kier alpha value is -1.92. The average molecular weight is 244 g/mol. The lowest BCUT2D eigenvalue weighted by atomic mass is 9.86. The van der Waals surface area contributed by atoms with Crippen molar-refractivity contribution in [2.24, 2.45) is 23.7 Å². The quantitative estimate of drug-likeness (QED) is 0.618. The number of carbonyl (C=O) groups is 4. The maximum Gasteiger partial charge on any atom is 0.308 e. The van der Waals surface area contributed by atoms with E-state index in [-0.39, 0.29) is 6.42 Å². The zero-order valence-electron chi connectivity index (χ0n) is 8.99. The van der Waals surface area contributed by atoms with Gasteiger partial charge in [0.2, 0.25) is 0 Å². The largest absolute Gasteiger partial charge is 0.481 e. The molecule has 0 heterocycles. The Morgan fingerprint density at radius 1 is 0.824 bits per heavy atom. The molecular formula is C10H12O7. The molecule has 0 aromatic carbocycles. The highest BCUT2D eigenvalue weighted by atomic mass is 16.4. The number of carboxylic acid groups (broad SMARTS) is 3. The number of Topliss-reactive ketones (excluding diaryl/α,β-unsaturated/α-hetero) is 1. The van der Waals surface area contributed by atoms with E-state index in [2.05, 4.69) is 0 Å². The van der Waals surface area contributed by atoms with E-state index < -0.39 is 47.4 Å². The van der Waals surface area contributed by atoms with Crippen molar-refractivity contribution in [3.05, 3.63) is 0 Å². The van der Waals surface area contributed by atoms with Gasteiger partial charge in [0.25, 0.3) is 0 Å². The van der Waals surface area contributed by atoms with Crippen LogP contribution in [0, 0.1) is 23.7 Å². The van der Waals surface area contributed by atoms with Crippen molar-refractivity contribution in [3.8, 4) is 0 Å². The summed E-state index contributed by atoms with van der Waals surface area (Å²) in [5.41, 5.74) is 0. The first-order valence-corrected chi connectivity index (χ1v) is 4.96. The fourth-order valence-electron chi connectivity index (χ4n) is 2.39. The fourth-order valence-corrected chi connectivity index (χ4v) is 2.39. The van der Waals surface area contributed by atoms with Gasteiger partial charge in [0.1, 0.15) is 5.78 Å². The molecule has 17 heavy (non-hydrogen) atoms. The van der Waals surface area contributed by atoms with Crippen LogP contribution in [0.2, 0.25) is 0 Å². The Kier molecular flexibility index (Phi) is 3.50. The van der Waals surface area contributed by atoms with E-state index >= 15 is 0 Å². The number of carbonyl (C=O) groups excluding carboxylic acids is 1. The molecule has 0 aromatic heterocycles. The SMILES string of the molecule is CC(=O)C1CC(C(=O)O)C(C(=O)O)C1C(=O)O. The van der Waals surface area contributed by atoms with Gasteiger partial charge in [-0.25, -0.2) is 0 Å². The third-order valence-electron chi connectivity index (χ3n) is 3.17. The lowest BCUT2D eigenvalue weighted by molar-refractivity contribution is -0.159. The molecule has 3 N–H and O–H groups in total. The second kappa shape index (κ2) is 4.52. The third-order valence-corrected chi connectivity index (χ3v) is 3.17. The van der Waals surface area contributed by atoms with Gasteiger partial charge in [0.05, 0.1) is 17.8 Å². The fraction of sp³-hybridized carbons (Fsp3) is 0.600. The molecule has 1 fully saturated rings.